The number of fused-ring (bicyclic) bond motifs is 6. The van der Waals surface area contributed by atoms with E-state index >= 15 is 0 Å². The molecule has 0 saturated carbocycles. The molecule has 2 aromatic heterocycles. The standard InChI is InChI=1S/C31H30O7/c1-17(32)36-26(16-18-8-6-14-24-27(18)19-9-2-4-11-21(19)30(34)37-24)29(33)23-13-7-15-25-28(23)20-10-3-5-12-22(20)31(35)38-25/h6-8,13-15,26,29,33H,2-5,9-12,16H2,1H3. The van der Waals surface area contributed by atoms with E-state index in [1.165, 1.54) is 6.92 Å². The SMILES string of the molecule is CC(=O)OC(Cc1cccc2oc(=O)c3c(c12)CCCC3)C(O)c1cccc2oc(=O)c3c(c12)CCCC3. The summed E-state index contributed by atoms with van der Waals surface area (Å²) < 4.78 is 17.0. The molecule has 196 valence electrons. The van der Waals surface area contributed by atoms with Gasteiger partial charge in [-0.3, -0.25) is 4.79 Å². The van der Waals surface area contributed by atoms with Crippen LogP contribution < -0.4 is 11.3 Å². The van der Waals surface area contributed by atoms with Crippen molar-refractivity contribution in [3.05, 3.63) is 90.6 Å². The third-order valence-corrected chi connectivity index (χ3v) is 8.02. The van der Waals surface area contributed by atoms with Crippen molar-refractivity contribution in [2.45, 2.75) is 76.9 Å². The van der Waals surface area contributed by atoms with E-state index in [9.17, 15) is 19.5 Å². The van der Waals surface area contributed by atoms with Crippen molar-refractivity contribution in [3.63, 3.8) is 0 Å². The monoisotopic (exact) mass is 514 g/mol. The number of aliphatic hydroxyl groups excluding tert-OH is 1. The average molecular weight is 515 g/mol. The van der Waals surface area contributed by atoms with Crippen LogP contribution in [0.2, 0.25) is 0 Å². The van der Waals surface area contributed by atoms with E-state index in [1.807, 2.05) is 18.2 Å². The lowest BCUT2D eigenvalue weighted by Gasteiger charge is -2.26. The van der Waals surface area contributed by atoms with Crippen molar-refractivity contribution in [2.75, 3.05) is 0 Å². The Labute approximate surface area is 219 Å². The van der Waals surface area contributed by atoms with Crippen LogP contribution in [0.5, 0.6) is 0 Å². The first-order chi connectivity index (χ1) is 18.4. The summed E-state index contributed by atoms with van der Waals surface area (Å²) in [5, 5.41) is 13.3. The largest absolute Gasteiger partial charge is 0.459 e. The Bertz CT molecular complexity index is 1680. The fraction of sp³-hybridized carbons (Fsp3) is 0.387. The number of ether oxygens (including phenoxy) is 1. The Kier molecular flexibility index (Phi) is 6.40. The molecular formula is C31H30O7. The number of hydrogen-bond donors (Lipinski definition) is 1. The molecule has 0 aliphatic heterocycles. The molecule has 7 heteroatoms. The summed E-state index contributed by atoms with van der Waals surface area (Å²) >= 11 is 0. The third kappa shape index (κ3) is 4.25. The van der Waals surface area contributed by atoms with Crippen LogP contribution in [0.1, 0.15) is 72.1 Å². The Balaban J connectivity index is 1.48. The zero-order valence-corrected chi connectivity index (χ0v) is 21.4. The van der Waals surface area contributed by atoms with Crippen LogP contribution in [0, 0.1) is 0 Å². The predicted octanol–water partition coefficient (Wildman–Crippen LogP) is 4.86. The minimum absolute atomic E-state index is 0.230. The highest BCUT2D eigenvalue weighted by Gasteiger charge is 2.30. The minimum Gasteiger partial charge on any atom is -0.459 e. The lowest BCUT2D eigenvalue weighted by atomic mass is 9.85. The fourth-order valence-electron chi connectivity index (χ4n) is 6.36. The fourth-order valence-corrected chi connectivity index (χ4v) is 6.36. The summed E-state index contributed by atoms with van der Waals surface area (Å²) in [4.78, 5) is 37.4. The van der Waals surface area contributed by atoms with E-state index in [0.29, 0.717) is 35.1 Å². The molecule has 2 atom stereocenters. The van der Waals surface area contributed by atoms with Gasteiger partial charge in [0.2, 0.25) is 0 Å². The molecule has 7 nitrogen and oxygen atoms in total. The first-order valence-corrected chi connectivity index (χ1v) is 13.4. The van der Waals surface area contributed by atoms with Gasteiger partial charge in [0, 0.05) is 35.2 Å². The highest BCUT2D eigenvalue weighted by molar-refractivity contribution is 5.87. The molecule has 0 spiro atoms. The smallest absolute Gasteiger partial charge is 0.339 e. The number of aliphatic hydroxyl groups is 1. The van der Waals surface area contributed by atoms with Crippen LogP contribution in [0.25, 0.3) is 21.9 Å². The van der Waals surface area contributed by atoms with Crippen molar-refractivity contribution < 1.29 is 23.5 Å². The van der Waals surface area contributed by atoms with Crippen LogP contribution in [0.15, 0.2) is 54.8 Å². The summed E-state index contributed by atoms with van der Waals surface area (Å²) in [6.07, 6.45) is 4.82. The molecule has 1 N–H and O–H groups in total. The first-order valence-electron chi connectivity index (χ1n) is 13.4. The van der Waals surface area contributed by atoms with Gasteiger partial charge in [-0.1, -0.05) is 24.3 Å². The van der Waals surface area contributed by atoms with Gasteiger partial charge in [-0.25, -0.2) is 9.59 Å². The number of benzene rings is 2. The van der Waals surface area contributed by atoms with Crippen LogP contribution in [-0.4, -0.2) is 17.2 Å². The lowest BCUT2D eigenvalue weighted by Crippen LogP contribution is -2.28. The van der Waals surface area contributed by atoms with Crippen molar-refractivity contribution in [2.24, 2.45) is 0 Å². The molecule has 2 aliphatic rings. The highest BCUT2D eigenvalue weighted by atomic mass is 16.6. The normalized spacial score (nSPS) is 16.6. The van der Waals surface area contributed by atoms with Crippen LogP contribution in [0.4, 0.5) is 0 Å². The molecule has 2 aliphatic carbocycles. The quantitative estimate of drug-likeness (QED) is 0.299. The zero-order chi connectivity index (χ0) is 26.4. The van der Waals surface area contributed by atoms with E-state index in [-0.39, 0.29) is 17.7 Å². The van der Waals surface area contributed by atoms with Crippen molar-refractivity contribution in [1.29, 1.82) is 0 Å². The summed E-state index contributed by atoms with van der Waals surface area (Å²) in [6.45, 7) is 1.33. The molecule has 4 aromatic rings. The first kappa shape index (κ1) is 24.6. The number of esters is 1. The predicted molar refractivity (Wildman–Crippen MR) is 142 cm³/mol. The molecular weight excluding hydrogens is 484 g/mol. The molecule has 2 unspecified atom stereocenters. The van der Waals surface area contributed by atoms with E-state index in [1.54, 1.807) is 18.2 Å². The summed E-state index contributed by atoms with van der Waals surface area (Å²) in [6, 6.07) is 10.8. The van der Waals surface area contributed by atoms with Gasteiger partial charge in [-0.05, 0) is 85.8 Å². The second-order valence-corrected chi connectivity index (χ2v) is 10.4. The topological polar surface area (TPSA) is 107 Å². The van der Waals surface area contributed by atoms with Crippen molar-refractivity contribution in [1.82, 2.24) is 0 Å². The molecule has 38 heavy (non-hydrogen) atoms. The van der Waals surface area contributed by atoms with E-state index in [4.69, 9.17) is 13.6 Å². The zero-order valence-electron chi connectivity index (χ0n) is 21.4. The molecule has 6 rings (SSSR count). The van der Waals surface area contributed by atoms with Gasteiger partial charge in [0.05, 0.1) is 0 Å². The number of carbonyl (C=O) groups is 1. The van der Waals surface area contributed by atoms with E-state index < -0.39 is 18.2 Å². The Hall–Kier alpha value is -3.71. The maximum absolute atomic E-state index is 12.6. The molecule has 0 radical (unpaired) electrons. The molecule has 2 aromatic carbocycles. The van der Waals surface area contributed by atoms with Gasteiger partial charge in [-0.2, -0.15) is 0 Å². The summed E-state index contributed by atoms with van der Waals surface area (Å²) in [5.41, 5.74) is 5.04. The van der Waals surface area contributed by atoms with Gasteiger partial charge in [-0.15, -0.1) is 0 Å². The number of carbonyl (C=O) groups excluding carboxylic acids is 1. The van der Waals surface area contributed by atoms with Crippen LogP contribution in [-0.2, 0) is 41.6 Å². The molecule has 0 fully saturated rings. The van der Waals surface area contributed by atoms with E-state index in [0.717, 1.165) is 71.6 Å². The number of rotatable bonds is 5. The van der Waals surface area contributed by atoms with E-state index in [2.05, 4.69) is 0 Å². The van der Waals surface area contributed by atoms with Crippen molar-refractivity contribution in [3.8, 4) is 0 Å². The lowest BCUT2D eigenvalue weighted by molar-refractivity contribution is -0.152. The maximum Gasteiger partial charge on any atom is 0.339 e. The molecule has 0 saturated heterocycles. The highest BCUT2D eigenvalue weighted by Crippen LogP contribution is 2.36. The number of aryl methyl sites for hydroxylation is 2. The van der Waals surface area contributed by atoms with Gasteiger partial charge < -0.3 is 18.7 Å². The van der Waals surface area contributed by atoms with Gasteiger partial charge in [0.15, 0.2) is 0 Å². The maximum atomic E-state index is 12.6. The Morgan fingerprint density at radius 2 is 1.34 bits per heavy atom. The Morgan fingerprint density at radius 3 is 1.95 bits per heavy atom. The van der Waals surface area contributed by atoms with Crippen LogP contribution in [0.3, 0.4) is 0 Å². The summed E-state index contributed by atoms with van der Waals surface area (Å²) in [5.74, 6) is -0.503. The second-order valence-electron chi connectivity index (χ2n) is 10.4. The van der Waals surface area contributed by atoms with Crippen LogP contribution >= 0.6 is 0 Å². The molecule has 0 amide bonds. The van der Waals surface area contributed by atoms with Crippen molar-refractivity contribution >= 4 is 27.9 Å². The number of hydrogen-bond acceptors (Lipinski definition) is 7. The van der Waals surface area contributed by atoms with Gasteiger partial charge in [0.1, 0.15) is 23.4 Å². The van der Waals surface area contributed by atoms with Gasteiger partial charge in [0.25, 0.3) is 0 Å². The Morgan fingerprint density at radius 1 is 0.816 bits per heavy atom. The average Bonchev–Trinajstić information content (AvgIpc) is 2.92. The second kappa shape index (κ2) is 9.87. The minimum atomic E-state index is -1.16. The van der Waals surface area contributed by atoms with Gasteiger partial charge >= 0.3 is 17.2 Å². The molecule has 2 heterocycles. The summed E-state index contributed by atoms with van der Waals surface area (Å²) in [7, 11) is 0. The third-order valence-electron chi connectivity index (χ3n) is 8.02. The molecule has 0 bridgehead atoms.